The molecule has 1 radical (unpaired) electrons. The maximum absolute atomic E-state index is 14.5. The van der Waals surface area contributed by atoms with Crippen LogP contribution in [0, 0.1) is 24.9 Å². The third-order valence-electron chi connectivity index (χ3n) is 8.87. The number of pyridine rings is 2. The molecule has 0 fully saturated rings. The number of nitrogens with zero attached hydrogens (tertiary/aromatic N) is 2. The topological polar surface area (TPSA) is 38.9 Å². The van der Waals surface area contributed by atoms with E-state index >= 15 is 0 Å². The van der Waals surface area contributed by atoms with Crippen LogP contribution in [0.3, 0.4) is 0 Å². The van der Waals surface area contributed by atoms with E-state index in [1.807, 2.05) is 79.9 Å². The molecule has 255 valence electrons. The first-order valence-corrected chi connectivity index (χ1v) is 20.3. The van der Waals surface area contributed by atoms with E-state index in [0.29, 0.717) is 27.8 Å². The van der Waals surface area contributed by atoms with Crippen molar-refractivity contribution in [3.8, 4) is 33.6 Å². The van der Waals surface area contributed by atoms with E-state index in [0.717, 1.165) is 39.8 Å². The Balaban J connectivity index is 0.000000175. The number of aryl methyl sites for hydroxylation is 1. The molecule has 0 saturated heterocycles. The fraction of sp³-hybridized carbons (Fsp3) is 0.111. The molecule has 0 spiro atoms. The van der Waals surface area contributed by atoms with Crippen LogP contribution in [0.25, 0.3) is 55.6 Å². The molecule has 0 aliphatic rings. The molecule has 0 N–H and O–H groups in total. The van der Waals surface area contributed by atoms with Crippen LogP contribution in [0.2, 0.25) is 19.6 Å². The van der Waals surface area contributed by atoms with Crippen LogP contribution in [0.4, 0.5) is 4.39 Å². The molecule has 0 unspecified atom stereocenters. The molecule has 3 heterocycles. The summed E-state index contributed by atoms with van der Waals surface area (Å²) in [7, 11) is -1.43. The average molecular weight is 861 g/mol. The number of hydrogen-bond donors (Lipinski definition) is 0. The van der Waals surface area contributed by atoms with Crippen LogP contribution in [-0.2, 0) is 26.5 Å². The van der Waals surface area contributed by atoms with Gasteiger partial charge in [0, 0.05) is 43.7 Å². The minimum absolute atomic E-state index is 0. The number of rotatable bonds is 6. The maximum Gasteiger partial charge on any atom is 0.121 e. The van der Waals surface area contributed by atoms with Gasteiger partial charge in [0.15, 0.2) is 0 Å². The van der Waals surface area contributed by atoms with Crippen LogP contribution in [0.15, 0.2) is 144 Å². The molecule has 8 aromatic rings. The predicted molar refractivity (Wildman–Crippen MR) is 207 cm³/mol. The van der Waals surface area contributed by atoms with Crippen LogP contribution < -0.4 is 5.19 Å². The van der Waals surface area contributed by atoms with Crippen molar-refractivity contribution in [3.63, 3.8) is 0 Å². The Kier molecular flexibility index (Phi) is 10.9. The van der Waals surface area contributed by atoms with Gasteiger partial charge in [0.25, 0.3) is 0 Å². The monoisotopic (exact) mass is 861 g/mol. The summed E-state index contributed by atoms with van der Waals surface area (Å²) in [4.78, 5) is 9.29. The quantitative estimate of drug-likeness (QED) is 0.123. The molecule has 3 aromatic heterocycles. The van der Waals surface area contributed by atoms with Crippen molar-refractivity contribution in [2.45, 2.75) is 33.0 Å². The summed E-state index contributed by atoms with van der Waals surface area (Å²) >= 11 is 0. The van der Waals surface area contributed by atoms with Gasteiger partial charge in [0.05, 0.1) is 13.7 Å². The summed E-state index contributed by atoms with van der Waals surface area (Å²) in [5.74, 6) is -0.339. The van der Waals surface area contributed by atoms with Gasteiger partial charge in [0.1, 0.15) is 5.58 Å². The zero-order valence-electron chi connectivity index (χ0n) is 29.0. The second-order valence-electron chi connectivity index (χ2n) is 13.5. The average Bonchev–Trinajstić information content (AvgIpc) is 3.54. The van der Waals surface area contributed by atoms with Crippen molar-refractivity contribution in [2.75, 3.05) is 0 Å². The van der Waals surface area contributed by atoms with Gasteiger partial charge in [-0.3, -0.25) is 4.39 Å². The molecular weight excluding hydrogens is 824 g/mol. The summed E-state index contributed by atoms with van der Waals surface area (Å²) in [5, 5.41) is 2.68. The second kappa shape index (κ2) is 15.5. The fourth-order valence-electron chi connectivity index (χ4n) is 6.35. The van der Waals surface area contributed by atoms with E-state index in [2.05, 4.69) is 97.6 Å². The van der Waals surface area contributed by atoms with Crippen molar-refractivity contribution in [1.29, 1.82) is 0 Å². The van der Waals surface area contributed by atoms with Crippen LogP contribution >= 0.6 is 0 Å². The van der Waals surface area contributed by atoms with Crippen LogP contribution in [0.1, 0.15) is 16.7 Å². The zero-order chi connectivity index (χ0) is 34.7. The molecule has 0 saturated carbocycles. The van der Waals surface area contributed by atoms with Gasteiger partial charge in [-0.2, -0.15) is 0 Å². The van der Waals surface area contributed by atoms with Crippen molar-refractivity contribution in [1.82, 2.24) is 9.97 Å². The minimum Gasteiger partial charge on any atom is -0.500 e. The van der Waals surface area contributed by atoms with Crippen molar-refractivity contribution in [2.24, 2.45) is 0 Å². The first kappa shape index (κ1) is 35.8. The number of para-hydroxylation sites is 1. The number of aromatic nitrogens is 2. The summed E-state index contributed by atoms with van der Waals surface area (Å²) in [5.41, 5.74) is 10.6. The number of halogens is 1. The third-order valence-corrected chi connectivity index (χ3v) is 10.9. The zero-order valence-corrected chi connectivity index (χ0v) is 32.4. The van der Waals surface area contributed by atoms with E-state index in [4.69, 9.17) is 9.40 Å². The van der Waals surface area contributed by atoms with Gasteiger partial charge < -0.3 is 14.4 Å². The Hall–Kier alpha value is -5.00. The Morgan fingerprint density at radius 1 is 0.745 bits per heavy atom. The third kappa shape index (κ3) is 7.84. The van der Waals surface area contributed by atoms with E-state index in [1.165, 1.54) is 22.4 Å². The summed E-state index contributed by atoms with van der Waals surface area (Å²) in [6, 6.07) is 48.3. The Bertz CT molecular complexity index is 2410. The molecule has 0 aliphatic carbocycles. The summed E-state index contributed by atoms with van der Waals surface area (Å²) in [6.45, 7) is 9.18. The van der Waals surface area contributed by atoms with Crippen molar-refractivity contribution < 1.29 is 28.9 Å². The van der Waals surface area contributed by atoms with E-state index < -0.39 is 8.07 Å². The van der Waals surface area contributed by atoms with Gasteiger partial charge in [-0.25, -0.2) is 0 Å². The molecule has 0 aliphatic heterocycles. The smallest absolute Gasteiger partial charge is 0.121 e. The minimum atomic E-state index is -1.43. The normalized spacial score (nSPS) is 11.2. The van der Waals surface area contributed by atoms with E-state index in [9.17, 15) is 4.39 Å². The predicted octanol–water partition coefficient (Wildman–Crippen LogP) is 11.2. The Morgan fingerprint density at radius 2 is 1.43 bits per heavy atom. The number of benzene rings is 5. The second-order valence-corrected chi connectivity index (χ2v) is 18.5. The van der Waals surface area contributed by atoms with Gasteiger partial charge in [-0.15, -0.1) is 48.0 Å². The number of fused-ring (bicyclic) bond motifs is 3. The van der Waals surface area contributed by atoms with Gasteiger partial charge in [-0.05, 0) is 63.6 Å². The molecule has 51 heavy (non-hydrogen) atoms. The molecule has 0 atom stereocenters. The molecule has 8 rings (SSSR count). The Labute approximate surface area is 313 Å². The first-order chi connectivity index (χ1) is 24.3. The Morgan fingerprint density at radius 3 is 2.16 bits per heavy atom. The molecule has 6 heteroatoms. The van der Waals surface area contributed by atoms with E-state index in [1.54, 1.807) is 0 Å². The molecule has 0 amide bonds. The molecule has 3 nitrogen and oxygen atoms in total. The molecule has 5 aromatic carbocycles. The van der Waals surface area contributed by atoms with Gasteiger partial charge in [0.2, 0.25) is 0 Å². The first-order valence-electron chi connectivity index (χ1n) is 16.8. The van der Waals surface area contributed by atoms with Crippen LogP contribution in [-0.4, -0.2) is 18.0 Å². The summed E-state index contributed by atoms with van der Waals surface area (Å²) < 4.78 is 20.5. The van der Waals surface area contributed by atoms with E-state index in [-0.39, 0.29) is 25.9 Å². The standard InChI is InChI=1S/C24H15FNO.C21H22NSi.Ir/c1-15-14-26-21(13-19(15)16-7-3-2-4-8-16)17-11-12-20(25)23-18-9-5-6-10-22(18)27-24(17)23;1-23(2,3)21-16-22-20(18-12-8-5-9-13-18)15-19(21)14-17-10-6-4-7-11-17;/h2-10,12-14H,1H3;4-12,15-16H,14H2,1-3H3;/q2*-1;. The molecular formula is C45H37FIrN2OSi-2. The van der Waals surface area contributed by atoms with Crippen LogP contribution in [0.5, 0.6) is 0 Å². The van der Waals surface area contributed by atoms with Gasteiger partial charge in [-0.1, -0.05) is 122 Å². The van der Waals surface area contributed by atoms with Crippen molar-refractivity contribution in [3.05, 3.63) is 174 Å². The summed E-state index contributed by atoms with van der Waals surface area (Å²) in [6.07, 6.45) is 4.90. The molecule has 0 bridgehead atoms. The maximum atomic E-state index is 14.5. The van der Waals surface area contributed by atoms with Crippen molar-refractivity contribution >= 4 is 35.2 Å². The largest absolute Gasteiger partial charge is 0.500 e. The number of furan rings is 1. The fourth-order valence-corrected chi connectivity index (χ4v) is 7.92. The van der Waals surface area contributed by atoms with Gasteiger partial charge >= 0.3 is 0 Å². The number of hydrogen-bond acceptors (Lipinski definition) is 3. The SMILES string of the molecule is C[Si](C)(C)c1cnc(-c2[c-]cccc2)cc1Cc1ccccc1.Cc1cnc(-c2[c-]cc(F)c3c2oc2ccccc23)cc1-c1ccccc1.[Ir].